The van der Waals surface area contributed by atoms with Crippen molar-refractivity contribution in [1.29, 1.82) is 0 Å². The largest absolute Gasteiger partial charge is 0.445 e. The monoisotopic (exact) mass is 974 g/mol. The molecule has 13 heteroatoms. The number of ketones is 1. The topological polar surface area (TPSA) is 201 Å². The van der Waals surface area contributed by atoms with Gasteiger partial charge in [-0.2, -0.15) is 0 Å². The Morgan fingerprint density at radius 2 is 1.07 bits per heavy atom. The van der Waals surface area contributed by atoms with Crippen LogP contribution >= 0.6 is 0 Å². The molecule has 8 atom stereocenters. The first-order valence-corrected chi connectivity index (χ1v) is 27.8. The van der Waals surface area contributed by atoms with E-state index in [2.05, 4.69) is 24.5 Å². The first-order valence-electron chi connectivity index (χ1n) is 28.4. The van der Waals surface area contributed by atoms with Crippen LogP contribution in [0.5, 0.6) is 0 Å². The maximum Gasteiger partial charge on any atom is 0.408 e. The second-order valence-electron chi connectivity index (χ2n) is 20.0. The molecule has 1 aromatic carbocycles. The summed E-state index contributed by atoms with van der Waals surface area (Å²) in [6.07, 6.45) is 30.8. The zero-order valence-corrected chi connectivity index (χ0v) is 43.8. The Labute approximate surface area is 420 Å². The number of amides is 3. The van der Waals surface area contributed by atoms with Gasteiger partial charge in [0, 0.05) is 13.0 Å². The molecule has 1 heterocycles. The summed E-state index contributed by atoms with van der Waals surface area (Å²) in [5, 5.41) is 37.9. The summed E-state index contributed by atoms with van der Waals surface area (Å²) in [6, 6.07) is 5.91. The molecule has 0 aliphatic carbocycles. The van der Waals surface area contributed by atoms with Gasteiger partial charge in [0.05, 0.1) is 20.1 Å². The Bertz CT molecular complexity index is 1530. The normalized spacial score (nSPS) is 20.7. The van der Waals surface area contributed by atoms with Gasteiger partial charge in [0.15, 0.2) is 5.78 Å². The van der Waals surface area contributed by atoms with E-state index in [1.807, 2.05) is 0 Å². The third-order valence-electron chi connectivity index (χ3n) is 13.9. The minimum absolute atomic E-state index is 0.126. The summed E-state index contributed by atoms with van der Waals surface area (Å²) in [4.78, 5) is 56.0. The van der Waals surface area contributed by atoms with E-state index in [0.29, 0.717) is 18.4 Å². The van der Waals surface area contributed by atoms with Crippen LogP contribution in [0.15, 0.2) is 30.3 Å². The molecular formula is C56H100N4O9. The van der Waals surface area contributed by atoms with Crippen LogP contribution in [0.4, 0.5) is 4.79 Å². The lowest BCUT2D eigenvalue weighted by Crippen LogP contribution is -2.76. The number of hydrogen-bond donors (Lipinski definition) is 6. The molecule has 7 N–H and O–H groups in total. The number of nitrogens with two attached hydrogens (primary N) is 1. The summed E-state index contributed by atoms with van der Waals surface area (Å²) in [7, 11) is 0. The van der Waals surface area contributed by atoms with Gasteiger partial charge in [0.25, 0.3) is 0 Å². The van der Waals surface area contributed by atoms with Gasteiger partial charge in [-0.15, -0.1) is 0 Å². The second-order valence-corrected chi connectivity index (χ2v) is 20.0. The quantitative estimate of drug-likeness (QED) is 0.0270. The lowest BCUT2D eigenvalue weighted by molar-refractivity contribution is -0.291. The molecule has 1 aliphatic heterocycles. The zero-order chi connectivity index (χ0) is 51.4. The SMILES string of the molecule is [2H]C(OC(=O)N[C@@H](C)C(=O)N[C@@H](C)C(=O)[C@@H]1[C@@H](O)[C@H](O)[C@@H](CO)O[C@@]1(N)N(CCCCCCCCCCCCCCCCCC)C(=O)CCCCCCCCCCCCCCCCC)c1ccccc1. The van der Waals surface area contributed by atoms with Gasteiger partial charge in [-0.3, -0.25) is 20.1 Å². The first kappa shape index (κ1) is 60.2. The molecule has 0 aromatic heterocycles. The summed E-state index contributed by atoms with van der Waals surface area (Å²) in [5.74, 6) is -5.91. The highest BCUT2D eigenvalue weighted by molar-refractivity contribution is 5.94. The molecule has 398 valence electrons. The highest BCUT2D eigenvalue weighted by Gasteiger charge is 2.59. The molecule has 1 fully saturated rings. The zero-order valence-electron chi connectivity index (χ0n) is 44.8. The number of Topliss-reactive ketones (excluding diaryl/α,β-unsaturated/α-hetero) is 1. The minimum atomic E-state index is -2.27. The number of aliphatic hydroxyl groups is 3. The maximum atomic E-state index is 14.4. The van der Waals surface area contributed by atoms with Crippen LogP contribution in [-0.2, 0) is 30.4 Å². The molecule has 1 saturated heterocycles. The van der Waals surface area contributed by atoms with Crippen LogP contribution in [-0.4, -0.2) is 93.3 Å². The number of ether oxygens (including phenoxy) is 2. The van der Waals surface area contributed by atoms with Crippen molar-refractivity contribution in [3.05, 3.63) is 35.9 Å². The fourth-order valence-electron chi connectivity index (χ4n) is 9.50. The minimum Gasteiger partial charge on any atom is -0.445 e. The molecule has 1 unspecified atom stereocenters. The Kier molecular flexibility index (Phi) is 33.6. The Morgan fingerprint density at radius 3 is 1.51 bits per heavy atom. The number of alkyl carbamates (subject to hydrolysis) is 1. The van der Waals surface area contributed by atoms with Gasteiger partial charge in [0.1, 0.15) is 30.8 Å². The van der Waals surface area contributed by atoms with E-state index in [-0.39, 0.29) is 18.9 Å². The molecule has 0 saturated carbocycles. The van der Waals surface area contributed by atoms with E-state index >= 15 is 0 Å². The van der Waals surface area contributed by atoms with Crippen LogP contribution in [0.3, 0.4) is 0 Å². The fraction of sp³-hybridized carbons (Fsp3) is 0.821. The maximum absolute atomic E-state index is 14.4. The van der Waals surface area contributed by atoms with E-state index in [1.54, 1.807) is 30.3 Å². The molecule has 0 bridgehead atoms. The van der Waals surface area contributed by atoms with Crippen molar-refractivity contribution in [3.63, 3.8) is 0 Å². The van der Waals surface area contributed by atoms with Crippen molar-refractivity contribution >= 4 is 23.7 Å². The van der Waals surface area contributed by atoms with Gasteiger partial charge in [-0.25, -0.2) is 4.79 Å². The number of nitrogens with zero attached hydrogens (tertiary/aromatic N) is 1. The molecule has 2 rings (SSSR count). The van der Waals surface area contributed by atoms with Crippen molar-refractivity contribution in [1.82, 2.24) is 15.5 Å². The van der Waals surface area contributed by atoms with E-state index in [1.165, 1.54) is 154 Å². The van der Waals surface area contributed by atoms with Crippen molar-refractivity contribution in [3.8, 4) is 0 Å². The second kappa shape index (κ2) is 38.6. The van der Waals surface area contributed by atoms with Gasteiger partial charge >= 0.3 is 6.09 Å². The summed E-state index contributed by atoms with van der Waals surface area (Å²) < 4.78 is 19.4. The van der Waals surface area contributed by atoms with Gasteiger partial charge in [-0.05, 0) is 32.3 Å². The summed E-state index contributed by atoms with van der Waals surface area (Å²) in [5.41, 5.74) is 7.49. The average molecular weight is 974 g/mol. The molecular weight excluding hydrogens is 873 g/mol. The van der Waals surface area contributed by atoms with Crippen molar-refractivity contribution in [2.45, 2.75) is 276 Å². The number of hydrogen-bond acceptors (Lipinski definition) is 10. The van der Waals surface area contributed by atoms with Gasteiger partial charge in [0.2, 0.25) is 17.7 Å². The van der Waals surface area contributed by atoms with E-state index in [4.69, 9.17) is 16.6 Å². The van der Waals surface area contributed by atoms with Crippen molar-refractivity contribution in [2.24, 2.45) is 11.7 Å². The number of carbonyl (C=O) groups excluding carboxylic acids is 4. The van der Waals surface area contributed by atoms with Crippen molar-refractivity contribution in [2.75, 3.05) is 13.2 Å². The molecule has 3 amide bonds. The number of carbonyl (C=O) groups is 4. The predicted molar refractivity (Wildman–Crippen MR) is 277 cm³/mol. The molecule has 1 aromatic rings. The van der Waals surface area contributed by atoms with E-state index < -0.39 is 73.1 Å². The van der Waals surface area contributed by atoms with Crippen LogP contribution < -0.4 is 16.4 Å². The molecule has 13 nitrogen and oxygen atoms in total. The van der Waals surface area contributed by atoms with Crippen LogP contribution in [0.2, 0.25) is 0 Å². The number of aliphatic hydroxyl groups excluding tert-OH is 3. The predicted octanol–water partition coefficient (Wildman–Crippen LogP) is 11.1. The Morgan fingerprint density at radius 1 is 0.652 bits per heavy atom. The molecule has 69 heavy (non-hydrogen) atoms. The lowest BCUT2D eigenvalue weighted by atomic mass is 9.80. The third kappa shape index (κ3) is 25.7. The van der Waals surface area contributed by atoms with Crippen LogP contribution in [0.25, 0.3) is 0 Å². The smallest absolute Gasteiger partial charge is 0.408 e. The number of rotatable bonds is 42. The third-order valence-corrected chi connectivity index (χ3v) is 13.9. The Hall–Kier alpha value is -3.10. The number of nitrogens with one attached hydrogen (secondary N) is 2. The van der Waals surface area contributed by atoms with E-state index in [0.717, 1.165) is 51.4 Å². The highest BCUT2D eigenvalue weighted by Crippen LogP contribution is 2.37. The van der Waals surface area contributed by atoms with Gasteiger partial charge < -0.3 is 40.3 Å². The molecule has 0 spiro atoms. The van der Waals surface area contributed by atoms with Crippen LogP contribution in [0, 0.1) is 5.92 Å². The lowest BCUT2D eigenvalue weighted by Gasteiger charge is -2.53. The van der Waals surface area contributed by atoms with Crippen molar-refractivity contribution < 1.29 is 45.3 Å². The number of benzene rings is 1. The summed E-state index contributed by atoms with van der Waals surface area (Å²) in [6.45, 7) is 5.33. The average Bonchev–Trinajstić information content (AvgIpc) is 3.34. The van der Waals surface area contributed by atoms with E-state index in [9.17, 15) is 34.5 Å². The summed E-state index contributed by atoms with van der Waals surface area (Å²) >= 11 is 0. The fourth-order valence-corrected chi connectivity index (χ4v) is 9.50. The standard InChI is InChI=1S/C56H100N4O9/c1-5-7-9-11-13-15-17-19-21-23-25-27-29-31-33-38-42-60(49(62)41-37-32-30-28-26-24-22-20-18-16-14-12-10-8-6-2)56(57)50(53(65)52(64)48(43-61)69-56)51(63)45(3)58-54(66)46(4)59-55(67)68-44-47-39-35-34-36-40-47/h34-36,39-40,45-46,48,50,52-53,61,64-65H,5-33,37-38,41-44,57H2,1-4H3,(H,58,66)(H,59,67)/t45-,46-,48+,50+,52+,53+,56-/m0/s1/i44D/t44?,45-,46-,48+,50+,52+,53+,56-. The Balaban J connectivity index is 2.05. The number of unbranched alkanes of at least 4 members (excludes halogenated alkanes) is 29. The molecule has 1 aliphatic rings. The molecule has 0 radical (unpaired) electrons. The highest BCUT2D eigenvalue weighted by atomic mass is 16.6. The van der Waals surface area contributed by atoms with Gasteiger partial charge in [-0.1, -0.05) is 230 Å². The first-order chi connectivity index (χ1) is 33.8. The van der Waals surface area contributed by atoms with Crippen LogP contribution in [0.1, 0.15) is 240 Å².